The minimum atomic E-state index is -0.262. The number of aryl methyl sites for hydroxylation is 1. The Morgan fingerprint density at radius 2 is 1.86 bits per heavy atom. The van der Waals surface area contributed by atoms with E-state index in [1.807, 2.05) is 47.9 Å². The summed E-state index contributed by atoms with van der Waals surface area (Å²) < 4.78 is 2.01. The fourth-order valence-electron chi connectivity index (χ4n) is 3.21. The molecule has 1 heterocycles. The Morgan fingerprint density at radius 1 is 1.14 bits per heavy atom. The van der Waals surface area contributed by atoms with Gasteiger partial charge in [-0.15, -0.1) is 0 Å². The second-order valence-corrected chi connectivity index (χ2v) is 7.37. The average molecular weight is 398 g/mol. The van der Waals surface area contributed by atoms with Crippen molar-refractivity contribution in [3.8, 4) is 0 Å². The molecule has 28 heavy (non-hydrogen) atoms. The normalized spacial score (nSPS) is 12.1. The molecule has 5 nitrogen and oxygen atoms in total. The van der Waals surface area contributed by atoms with E-state index in [1.54, 1.807) is 19.1 Å². The van der Waals surface area contributed by atoms with Crippen LogP contribution in [0.15, 0.2) is 48.5 Å². The van der Waals surface area contributed by atoms with Gasteiger partial charge in [0.15, 0.2) is 5.78 Å². The van der Waals surface area contributed by atoms with Crippen LogP contribution in [0.2, 0.25) is 5.02 Å². The number of imidazole rings is 1. The number of fused-ring (bicyclic) bond motifs is 1. The molecule has 2 aromatic carbocycles. The molecule has 1 atom stereocenters. The van der Waals surface area contributed by atoms with Crippen molar-refractivity contribution in [2.75, 3.05) is 6.54 Å². The summed E-state index contributed by atoms with van der Waals surface area (Å²) in [6.45, 7) is 4.05. The third-order valence-electron chi connectivity index (χ3n) is 4.82. The van der Waals surface area contributed by atoms with Crippen LogP contribution in [0.5, 0.6) is 0 Å². The molecule has 0 spiro atoms. The molecule has 1 amide bonds. The second kappa shape index (κ2) is 9.02. The first-order chi connectivity index (χ1) is 13.5. The molecule has 3 rings (SSSR count). The van der Waals surface area contributed by atoms with E-state index in [-0.39, 0.29) is 17.7 Å². The molecule has 0 aliphatic carbocycles. The van der Waals surface area contributed by atoms with Gasteiger partial charge in [0.05, 0.1) is 23.5 Å². The van der Waals surface area contributed by atoms with Crippen LogP contribution in [0.4, 0.5) is 0 Å². The van der Waals surface area contributed by atoms with Gasteiger partial charge in [-0.2, -0.15) is 0 Å². The lowest BCUT2D eigenvalue weighted by atomic mass is 10.1. The quantitative estimate of drug-likeness (QED) is 0.581. The molecule has 146 valence electrons. The molecule has 3 aromatic rings. The number of rotatable bonds is 8. The number of Topliss-reactive ketones (excluding diaryl/α,β-unsaturated/α-hetero) is 1. The predicted molar refractivity (Wildman–Crippen MR) is 112 cm³/mol. The summed E-state index contributed by atoms with van der Waals surface area (Å²) in [5, 5.41) is 3.60. The first-order valence-corrected chi connectivity index (χ1v) is 9.81. The molecule has 1 aromatic heterocycles. The maximum absolute atomic E-state index is 12.1. The maximum Gasteiger partial charge on any atom is 0.224 e. The van der Waals surface area contributed by atoms with Crippen molar-refractivity contribution < 1.29 is 9.59 Å². The van der Waals surface area contributed by atoms with Crippen LogP contribution >= 0.6 is 11.6 Å². The Labute approximate surface area is 169 Å². The van der Waals surface area contributed by atoms with Crippen molar-refractivity contribution in [1.29, 1.82) is 0 Å². The van der Waals surface area contributed by atoms with Crippen molar-refractivity contribution in [3.63, 3.8) is 0 Å². The van der Waals surface area contributed by atoms with E-state index in [0.29, 0.717) is 24.4 Å². The zero-order valence-electron chi connectivity index (χ0n) is 16.1. The van der Waals surface area contributed by atoms with Gasteiger partial charge in [0.1, 0.15) is 5.82 Å². The van der Waals surface area contributed by atoms with Gasteiger partial charge in [-0.05, 0) is 50.1 Å². The summed E-state index contributed by atoms with van der Waals surface area (Å²) in [5.74, 6) is 0.949. The number of benzene rings is 2. The molecular weight excluding hydrogens is 374 g/mol. The summed E-state index contributed by atoms with van der Waals surface area (Å²) in [6.07, 6.45) is 1.77. The van der Waals surface area contributed by atoms with Crippen molar-refractivity contribution in [1.82, 2.24) is 14.9 Å². The van der Waals surface area contributed by atoms with Crippen LogP contribution in [-0.2, 0) is 22.4 Å². The van der Waals surface area contributed by atoms with Crippen LogP contribution in [0.25, 0.3) is 11.0 Å². The largest absolute Gasteiger partial charge is 0.356 e. The molecule has 1 unspecified atom stereocenters. The van der Waals surface area contributed by atoms with Crippen LogP contribution in [0.3, 0.4) is 0 Å². The molecule has 1 N–H and O–H groups in total. The molecule has 0 saturated carbocycles. The molecular formula is C22H24ClN3O2. The molecule has 0 saturated heterocycles. The van der Waals surface area contributed by atoms with Crippen molar-refractivity contribution >= 4 is 34.3 Å². The Hall–Kier alpha value is -2.66. The minimum Gasteiger partial charge on any atom is -0.356 e. The smallest absolute Gasteiger partial charge is 0.224 e. The number of nitrogens with one attached hydrogen (secondary N) is 1. The summed E-state index contributed by atoms with van der Waals surface area (Å²) in [7, 11) is 0. The zero-order valence-corrected chi connectivity index (χ0v) is 16.9. The first kappa shape index (κ1) is 20.1. The monoisotopic (exact) mass is 397 g/mol. The van der Waals surface area contributed by atoms with E-state index in [4.69, 9.17) is 16.6 Å². The summed E-state index contributed by atoms with van der Waals surface area (Å²) in [4.78, 5) is 28.7. The van der Waals surface area contributed by atoms with Crippen LogP contribution in [0.1, 0.15) is 37.7 Å². The standard InChI is InChI=1S/C22H24ClN3O2/c1-15(16(2)27)26-20-7-4-3-6-19(20)25-21(26)8-5-13-24-22(28)14-17-9-11-18(23)12-10-17/h3-4,6-7,9-12,15H,5,8,13-14H2,1-2H3,(H,24,28). The molecule has 0 fully saturated rings. The number of para-hydroxylation sites is 2. The number of nitrogens with zero attached hydrogens (tertiary/aromatic N) is 2. The number of aromatic nitrogens is 2. The maximum atomic E-state index is 12.1. The fourth-order valence-corrected chi connectivity index (χ4v) is 3.34. The minimum absolute atomic E-state index is 0.0204. The fraction of sp³-hybridized carbons (Fsp3) is 0.318. The van der Waals surface area contributed by atoms with E-state index < -0.39 is 0 Å². The number of halogens is 1. The van der Waals surface area contributed by atoms with E-state index in [2.05, 4.69) is 5.32 Å². The Kier molecular flexibility index (Phi) is 6.47. The Bertz CT molecular complexity index is 979. The average Bonchev–Trinajstić information content (AvgIpc) is 3.04. The highest BCUT2D eigenvalue weighted by atomic mass is 35.5. The molecule has 0 aliphatic rings. The third kappa shape index (κ3) is 4.78. The van der Waals surface area contributed by atoms with Crippen LogP contribution < -0.4 is 5.32 Å². The number of hydrogen-bond donors (Lipinski definition) is 1. The highest BCUT2D eigenvalue weighted by Gasteiger charge is 2.18. The summed E-state index contributed by atoms with van der Waals surface area (Å²) in [5.41, 5.74) is 2.78. The molecule has 6 heteroatoms. The number of hydrogen-bond acceptors (Lipinski definition) is 3. The van der Waals surface area contributed by atoms with Gasteiger partial charge in [-0.3, -0.25) is 9.59 Å². The lowest BCUT2D eigenvalue weighted by Gasteiger charge is -2.15. The summed E-state index contributed by atoms with van der Waals surface area (Å²) in [6, 6.07) is 14.8. The van der Waals surface area contributed by atoms with Gasteiger partial charge < -0.3 is 9.88 Å². The van der Waals surface area contributed by atoms with Crippen molar-refractivity contribution in [2.45, 2.75) is 39.2 Å². The lowest BCUT2D eigenvalue weighted by Crippen LogP contribution is -2.26. The number of amides is 1. The van der Waals surface area contributed by atoms with Crippen molar-refractivity contribution in [3.05, 3.63) is 64.9 Å². The number of ketones is 1. The van der Waals surface area contributed by atoms with Crippen LogP contribution in [-0.4, -0.2) is 27.8 Å². The highest BCUT2D eigenvalue weighted by Crippen LogP contribution is 2.22. The molecule has 0 aliphatic heterocycles. The van der Waals surface area contributed by atoms with Crippen molar-refractivity contribution in [2.24, 2.45) is 0 Å². The second-order valence-electron chi connectivity index (χ2n) is 6.93. The van der Waals surface area contributed by atoms with Gasteiger partial charge in [-0.25, -0.2) is 4.98 Å². The zero-order chi connectivity index (χ0) is 20.1. The van der Waals surface area contributed by atoms with E-state index >= 15 is 0 Å². The van der Waals surface area contributed by atoms with Crippen LogP contribution in [0, 0.1) is 0 Å². The van der Waals surface area contributed by atoms with Gasteiger partial charge >= 0.3 is 0 Å². The first-order valence-electron chi connectivity index (χ1n) is 9.43. The number of carbonyl (C=O) groups excluding carboxylic acids is 2. The van der Waals surface area contributed by atoms with Gasteiger partial charge in [0.25, 0.3) is 0 Å². The van der Waals surface area contributed by atoms with E-state index in [9.17, 15) is 9.59 Å². The summed E-state index contributed by atoms with van der Waals surface area (Å²) >= 11 is 5.86. The topological polar surface area (TPSA) is 64.0 Å². The predicted octanol–water partition coefficient (Wildman–Crippen LogP) is 4.13. The molecule has 0 radical (unpaired) electrons. The Balaban J connectivity index is 1.59. The van der Waals surface area contributed by atoms with Gasteiger partial charge in [0.2, 0.25) is 5.91 Å². The lowest BCUT2D eigenvalue weighted by molar-refractivity contribution is -0.120. The van der Waals surface area contributed by atoms with E-state index in [1.165, 1.54) is 0 Å². The third-order valence-corrected chi connectivity index (χ3v) is 5.07. The SMILES string of the molecule is CC(=O)C(C)n1c(CCCNC(=O)Cc2ccc(Cl)cc2)nc2ccccc21. The van der Waals surface area contributed by atoms with Gasteiger partial charge in [0, 0.05) is 18.0 Å². The Morgan fingerprint density at radius 3 is 2.57 bits per heavy atom. The highest BCUT2D eigenvalue weighted by molar-refractivity contribution is 6.30. The van der Waals surface area contributed by atoms with Gasteiger partial charge in [-0.1, -0.05) is 35.9 Å². The molecule has 0 bridgehead atoms. The number of carbonyl (C=O) groups is 2. The van der Waals surface area contributed by atoms with E-state index in [0.717, 1.165) is 28.8 Å².